The molecule has 3 aliphatic rings. The number of H-pyrrole nitrogens is 1. The first kappa shape index (κ1) is 24.5. The number of aryl methyl sites for hydroxylation is 1. The zero-order valence-electron chi connectivity index (χ0n) is 21.8. The molecule has 0 amide bonds. The molecule has 3 aliphatic heterocycles. The number of halogens is 1. The normalized spacial score (nSPS) is 19.9. The minimum Gasteiger partial charge on any atom is -0.378 e. The second kappa shape index (κ2) is 10.2. The maximum Gasteiger partial charge on any atom is 0.231 e. The van der Waals surface area contributed by atoms with Gasteiger partial charge in [0, 0.05) is 72.3 Å². The van der Waals surface area contributed by atoms with E-state index < -0.39 is 0 Å². The lowest BCUT2D eigenvalue weighted by molar-refractivity contribution is 0.122. The van der Waals surface area contributed by atoms with Gasteiger partial charge in [-0.15, -0.1) is 0 Å². The summed E-state index contributed by atoms with van der Waals surface area (Å²) in [6.45, 7) is 8.46. The molecule has 0 saturated carbocycles. The standard InChI is InChI=1S/C27H30ClN9O2/c1-17-31-26(36-8-12-39-13-9-36)34-27(32-17)37-5-4-20-21-14-19(28)2-3-22(21)33-23(20)24(37)18-15-29-25(30-16-18)35-6-10-38-11-7-35/h2-3,14-16,24,33H,4-13H2,1H3. The first-order valence-electron chi connectivity index (χ1n) is 13.4. The van der Waals surface area contributed by atoms with Crippen LogP contribution in [-0.4, -0.2) is 89.1 Å². The Morgan fingerprint density at radius 1 is 0.846 bits per heavy atom. The van der Waals surface area contributed by atoms with Crippen LogP contribution in [0.2, 0.25) is 5.02 Å². The van der Waals surface area contributed by atoms with E-state index in [-0.39, 0.29) is 6.04 Å². The van der Waals surface area contributed by atoms with Crippen LogP contribution in [-0.2, 0) is 15.9 Å². The summed E-state index contributed by atoms with van der Waals surface area (Å²) in [5.74, 6) is 2.74. The van der Waals surface area contributed by atoms with Gasteiger partial charge < -0.3 is 29.2 Å². The molecule has 0 bridgehead atoms. The molecule has 1 atom stereocenters. The first-order chi connectivity index (χ1) is 19.1. The van der Waals surface area contributed by atoms with Gasteiger partial charge in [-0.2, -0.15) is 15.0 Å². The number of hydrogen-bond acceptors (Lipinski definition) is 10. The third kappa shape index (κ3) is 4.64. The Bertz CT molecular complexity index is 1480. The molecule has 1 N–H and O–H groups in total. The highest BCUT2D eigenvalue weighted by Gasteiger charge is 2.35. The van der Waals surface area contributed by atoms with Crippen LogP contribution >= 0.6 is 11.6 Å². The number of nitrogens with zero attached hydrogens (tertiary/aromatic N) is 8. The van der Waals surface area contributed by atoms with Crippen molar-refractivity contribution in [3.8, 4) is 0 Å². The van der Waals surface area contributed by atoms with Gasteiger partial charge in [0.15, 0.2) is 0 Å². The van der Waals surface area contributed by atoms with Crippen LogP contribution in [0.3, 0.4) is 0 Å². The van der Waals surface area contributed by atoms with Gasteiger partial charge in [-0.3, -0.25) is 0 Å². The van der Waals surface area contributed by atoms with Crippen LogP contribution in [0.15, 0.2) is 30.6 Å². The minimum absolute atomic E-state index is 0.196. The maximum atomic E-state index is 6.40. The van der Waals surface area contributed by atoms with Crippen molar-refractivity contribution in [2.75, 3.05) is 73.9 Å². The number of benzene rings is 1. The minimum atomic E-state index is -0.196. The molecular weight excluding hydrogens is 518 g/mol. The van der Waals surface area contributed by atoms with Crippen LogP contribution in [0, 0.1) is 6.92 Å². The van der Waals surface area contributed by atoms with E-state index in [1.807, 2.05) is 37.5 Å². The summed E-state index contributed by atoms with van der Waals surface area (Å²) in [6.07, 6.45) is 4.69. The summed E-state index contributed by atoms with van der Waals surface area (Å²) in [6, 6.07) is 5.81. The molecule has 0 spiro atoms. The number of ether oxygens (including phenoxy) is 2. The smallest absolute Gasteiger partial charge is 0.231 e. The average Bonchev–Trinajstić information content (AvgIpc) is 3.35. The summed E-state index contributed by atoms with van der Waals surface area (Å²) in [4.78, 5) is 34.2. The molecule has 11 nitrogen and oxygen atoms in total. The van der Waals surface area contributed by atoms with E-state index in [2.05, 4.69) is 24.7 Å². The maximum absolute atomic E-state index is 6.40. The van der Waals surface area contributed by atoms with Crippen molar-refractivity contribution >= 4 is 40.3 Å². The molecule has 12 heteroatoms. The van der Waals surface area contributed by atoms with Gasteiger partial charge >= 0.3 is 0 Å². The Labute approximate surface area is 231 Å². The lowest BCUT2D eigenvalue weighted by Gasteiger charge is -2.36. The van der Waals surface area contributed by atoms with Crippen molar-refractivity contribution in [3.63, 3.8) is 0 Å². The predicted octanol–water partition coefficient (Wildman–Crippen LogP) is 2.93. The van der Waals surface area contributed by atoms with Crippen molar-refractivity contribution in [2.24, 2.45) is 0 Å². The Kier molecular flexibility index (Phi) is 6.42. The average molecular weight is 548 g/mol. The third-order valence-corrected chi connectivity index (χ3v) is 7.87. The molecule has 0 radical (unpaired) electrons. The van der Waals surface area contributed by atoms with Crippen molar-refractivity contribution in [1.29, 1.82) is 0 Å². The molecule has 0 aliphatic carbocycles. The lowest BCUT2D eigenvalue weighted by atomic mass is 9.94. The molecule has 4 aromatic rings. The van der Waals surface area contributed by atoms with Crippen LogP contribution in [0.25, 0.3) is 10.9 Å². The van der Waals surface area contributed by atoms with Crippen molar-refractivity contribution < 1.29 is 9.47 Å². The second-order valence-electron chi connectivity index (χ2n) is 10.1. The predicted molar refractivity (Wildman–Crippen MR) is 149 cm³/mol. The number of anilines is 3. The topological polar surface area (TPSA) is 108 Å². The molecule has 2 fully saturated rings. The Balaban J connectivity index is 1.31. The zero-order chi connectivity index (χ0) is 26.3. The summed E-state index contributed by atoms with van der Waals surface area (Å²) in [5.41, 5.74) is 4.37. The number of aromatic nitrogens is 6. The number of morpholine rings is 2. The van der Waals surface area contributed by atoms with Gasteiger partial charge in [-0.1, -0.05) is 11.6 Å². The van der Waals surface area contributed by atoms with Gasteiger partial charge in [-0.05, 0) is 37.1 Å². The number of aromatic amines is 1. The molecule has 3 aromatic heterocycles. The fourth-order valence-electron chi connectivity index (χ4n) is 5.71. The van der Waals surface area contributed by atoms with E-state index in [1.165, 1.54) is 5.56 Å². The van der Waals surface area contributed by atoms with E-state index >= 15 is 0 Å². The Morgan fingerprint density at radius 2 is 1.51 bits per heavy atom. The number of rotatable bonds is 4. The molecule has 2 saturated heterocycles. The van der Waals surface area contributed by atoms with Gasteiger partial charge in [-0.25, -0.2) is 9.97 Å². The van der Waals surface area contributed by atoms with Gasteiger partial charge in [0.1, 0.15) is 11.9 Å². The third-order valence-electron chi connectivity index (χ3n) is 7.63. The fourth-order valence-corrected chi connectivity index (χ4v) is 5.88. The van der Waals surface area contributed by atoms with Gasteiger partial charge in [0.05, 0.1) is 26.4 Å². The van der Waals surface area contributed by atoms with Gasteiger partial charge in [0.2, 0.25) is 17.8 Å². The molecule has 7 rings (SSSR count). The van der Waals surface area contributed by atoms with Crippen LogP contribution in [0.5, 0.6) is 0 Å². The Morgan fingerprint density at radius 3 is 2.23 bits per heavy atom. The van der Waals surface area contributed by atoms with Crippen LogP contribution in [0.1, 0.15) is 28.7 Å². The summed E-state index contributed by atoms with van der Waals surface area (Å²) in [5, 5.41) is 1.87. The molecule has 39 heavy (non-hydrogen) atoms. The molecule has 6 heterocycles. The lowest BCUT2D eigenvalue weighted by Crippen LogP contribution is -2.40. The quantitative estimate of drug-likeness (QED) is 0.409. The molecular formula is C27H30ClN9O2. The van der Waals surface area contributed by atoms with Gasteiger partial charge in [0.25, 0.3) is 0 Å². The SMILES string of the molecule is Cc1nc(N2CCOCC2)nc(N2CCc3c([nH]c4ccc(Cl)cc34)C2c2cnc(N3CCOCC3)nc2)n1. The molecule has 1 unspecified atom stereocenters. The summed E-state index contributed by atoms with van der Waals surface area (Å²) >= 11 is 6.40. The van der Waals surface area contributed by atoms with Crippen molar-refractivity contribution in [3.05, 3.63) is 58.3 Å². The highest BCUT2D eigenvalue weighted by atomic mass is 35.5. The van der Waals surface area contributed by atoms with E-state index in [0.717, 1.165) is 72.3 Å². The highest BCUT2D eigenvalue weighted by molar-refractivity contribution is 6.31. The molecule has 1 aromatic carbocycles. The zero-order valence-corrected chi connectivity index (χ0v) is 22.6. The van der Waals surface area contributed by atoms with Crippen LogP contribution < -0.4 is 14.7 Å². The first-order valence-corrected chi connectivity index (χ1v) is 13.8. The van der Waals surface area contributed by atoms with Crippen molar-refractivity contribution in [1.82, 2.24) is 29.9 Å². The van der Waals surface area contributed by atoms with E-state index in [0.29, 0.717) is 44.1 Å². The van der Waals surface area contributed by atoms with E-state index in [1.54, 1.807) is 0 Å². The Hall–Kier alpha value is -3.54. The molecule has 202 valence electrons. The van der Waals surface area contributed by atoms with Crippen LogP contribution in [0.4, 0.5) is 17.8 Å². The number of fused-ring (bicyclic) bond motifs is 3. The van der Waals surface area contributed by atoms with E-state index in [9.17, 15) is 0 Å². The summed E-state index contributed by atoms with van der Waals surface area (Å²) in [7, 11) is 0. The number of hydrogen-bond donors (Lipinski definition) is 1. The van der Waals surface area contributed by atoms with Crippen molar-refractivity contribution in [2.45, 2.75) is 19.4 Å². The second-order valence-corrected chi connectivity index (χ2v) is 10.5. The summed E-state index contributed by atoms with van der Waals surface area (Å²) < 4.78 is 11.0. The van der Waals surface area contributed by atoms with E-state index in [4.69, 9.17) is 41.0 Å². The largest absolute Gasteiger partial charge is 0.378 e. The highest BCUT2D eigenvalue weighted by Crippen LogP contribution is 2.40. The number of nitrogens with one attached hydrogen (secondary N) is 1. The fraction of sp³-hybridized carbons (Fsp3) is 0.444. The monoisotopic (exact) mass is 547 g/mol.